The Morgan fingerprint density at radius 1 is 1.10 bits per heavy atom. The van der Waals surface area contributed by atoms with Gasteiger partial charge >= 0.3 is 0 Å². The summed E-state index contributed by atoms with van der Waals surface area (Å²) in [5.41, 5.74) is 2.70. The number of rotatable bonds is 5. The topological polar surface area (TPSA) is 75.1 Å². The Morgan fingerprint density at radius 3 is 2.43 bits per heavy atom. The van der Waals surface area contributed by atoms with Gasteiger partial charge in [0, 0.05) is 25.7 Å². The highest BCUT2D eigenvalue weighted by molar-refractivity contribution is 5.93. The number of carbonyl (C=O) groups is 1. The monoisotopic (exact) mass is 454 g/mol. The van der Waals surface area contributed by atoms with Gasteiger partial charge in [-0.05, 0) is 51.3 Å². The summed E-state index contributed by atoms with van der Waals surface area (Å²) >= 11 is 0. The summed E-state index contributed by atoms with van der Waals surface area (Å²) in [5, 5.41) is 15.0. The summed E-state index contributed by atoms with van der Waals surface area (Å²) < 4.78 is 1.94. The van der Waals surface area contributed by atoms with Gasteiger partial charge in [-0.2, -0.15) is 0 Å². The zero-order valence-electron chi connectivity index (χ0n) is 17.4. The highest BCUT2D eigenvalue weighted by atomic mass is 35.5. The highest BCUT2D eigenvalue weighted by Crippen LogP contribution is 2.21. The summed E-state index contributed by atoms with van der Waals surface area (Å²) in [6, 6.07) is 11.1. The molecular formula is C21H32Cl2N6O. The maximum atomic E-state index is 12.7. The molecule has 0 unspecified atom stereocenters. The van der Waals surface area contributed by atoms with Crippen molar-refractivity contribution in [3.05, 3.63) is 47.3 Å². The Balaban J connectivity index is 0.00000160. The van der Waals surface area contributed by atoms with Crippen molar-refractivity contribution < 1.29 is 4.79 Å². The Kier molecular flexibility index (Phi) is 9.55. The first-order valence-electron chi connectivity index (χ1n) is 10.4. The van der Waals surface area contributed by atoms with Gasteiger partial charge in [-0.3, -0.25) is 9.69 Å². The van der Waals surface area contributed by atoms with E-state index in [1.165, 1.54) is 5.56 Å². The molecule has 3 heterocycles. The van der Waals surface area contributed by atoms with E-state index in [9.17, 15) is 4.79 Å². The molecule has 1 amide bonds. The van der Waals surface area contributed by atoms with Gasteiger partial charge < -0.3 is 10.6 Å². The van der Waals surface area contributed by atoms with Crippen LogP contribution >= 0.6 is 24.8 Å². The second-order valence-corrected chi connectivity index (χ2v) is 7.96. The van der Waals surface area contributed by atoms with Crippen LogP contribution < -0.4 is 10.6 Å². The van der Waals surface area contributed by atoms with Gasteiger partial charge in [0.25, 0.3) is 5.91 Å². The van der Waals surface area contributed by atoms with Gasteiger partial charge in [-0.15, -0.1) is 29.9 Å². The van der Waals surface area contributed by atoms with Crippen LogP contribution in [0.1, 0.15) is 53.5 Å². The normalized spacial score (nSPS) is 18.3. The number of piperidine rings is 2. The molecule has 0 bridgehead atoms. The van der Waals surface area contributed by atoms with Crippen molar-refractivity contribution in [3.8, 4) is 0 Å². The molecule has 30 heavy (non-hydrogen) atoms. The summed E-state index contributed by atoms with van der Waals surface area (Å²) in [6.07, 6.45) is 4.01. The van der Waals surface area contributed by atoms with E-state index in [1.807, 2.05) is 11.6 Å². The SMILES string of the molecule is Cc1c(C(=O)NC2CCN(Cc3ccccc3)CC2)nnn1C1CCNCC1.Cl.Cl. The minimum atomic E-state index is -0.0841. The molecule has 2 N–H and O–H groups in total. The fraction of sp³-hybridized carbons (Fsp3) is 0.571. The number of likely N-dealkylation sites (tertiary alicyclic amines) is 1. The number of carbonyl (C=O) groups excluding carboxylic acids is 1. The molecule has 1 aromatic heterocycles. The lowest BCUT2D eigenvalue weighted by atomic mass is 10.0. The Morgan fingerprint density at radius 2 is 1.77 bits per heavy atom. The molecule has 0 spiro atoms. The Labute approximate surface area is 190 Å². The molecule has 166 valence electrons. The molecule has 0 saturated carbocycles. The predicted octanol–water partition coefficient (Wildman–Crippen LogP) is 2.75. The number of hydrogen-bond acceptors (Lipinski definition) is 5. The van der Waals surface area contributed by atoms with Crippen molar-refractivity contribution in [2.45, 2.75) is 51.2 Å². The first-order chi connectivity index (χ1) is 13.7. The van der Waals surface area contributed by atoms with E-state index < -0.39 is 0 Å². The van der Waals surface area contributed by atoms with E-state index in [0.717, 1.165) is 64.1 Å². The molecule has 0 atom stereocenters. The lowest BCUT2D eigenvalue weighted by Gasteiger charge is -2.32. The zero-order chi connectivity index (χ0) is 19.3. The van der Waals surface area contributed by atoms with Gasteiger partial charge in [0.1, 0.15) is 0 Å². The number of nitrogens with one attached hydrogen (secondary N) is 2. The predicted molar refractivity (Wildman–Crippen MR) is 123 cm³/mol. The number of halogens is 2. The van der Waals surface area contributed by atoms with E-state index >= 15 is 0 Å². The van der Waals surface area contributed by atoms with E-state index in [-0.39, 0.29) is 36.8 Å². The third-order valence-electron chi connectivity index (χ3n) is 5.97. The van der Waals surface area contributed by atoms with Crippen molar-refractivity contribution in [1.82, 2.24) is 30.5 Å². The van der Waals surface area contributed by atoms with Crippen LogP contribution in [0, 0.1) is 6.92 Å². The minimum Gasteiger partial charge on any atom is -0.348 e. The number of amides is 1. The molecule has 0 radical (unpaired) electrons. The standard InChI is InChI=1S/C21H30N6O.2ClH/c1-16-20(24-25-27(16)19-7-11-22-12-8-19)21(28)23-18-9-13-26(14-10-18)15-17-5-3-2-4-6-17;;/h2-6,18-19,22H,7-15H2,1H3,(H,23,28);2*1H. The van der Waals surface area contributed by atoms with Crippen molar-refractivity contribution >= 4 is 30.7 Å². The molecule has 9 heteroatoms. The summed E-state index contributed by atoms with van der Waals surface area (Å²) in [4.78, 5) is 15.2. The Hall–Kier alpha value is -1.67. The molecule has 0 aliphatic carbocycles. The number of aromatic nitrogens is 3. The Bertz CT molecular complexity index is 786. The quantitative estimate of drug-likeness (QED) is 0.726. The van der Waals surface area contributed by atoms with Crippen LogP contribution in [0.15, 0.2) is 30.3 Å². The van der Waals surface area contributed by atoms with Gasteiger partial charge in [-0.1, -0.05) is 35.5 Å². The minimum absolute atomic E-state index is 0. The number of hydrogen-bond donors (Lipinski definition) is 2. The van der Waals surface area contributed by atoms with Crippen molar-refractivity contribution in [3.63, 3.8) is 0 Å². The molecule has 2 fully saturated rings. The van der Waals surface area contributed by atoms with Gasteiger partial charge in [0.2, 0.25) is 0 Å². The first-order valence-corrected chi connectivity index (χ1v) is 10.4. The average Bonchev–Trinajstić information content (AvgIpc) is 3.12. The smallest absolute Gasteiger partial charge is 0.273 e. The first kappa shape index (κ1) is 24.6. The van der Waals surface area contributed by atoms with Gasteiger partial charge in [0.05, 0.1) is 11.7 Å². The van der Waals surface area contributed by atoms with Crippen LogP contribution in [-0.2, 0) is 6.54 Å². The van der Waals surface area contributed by atoms with E-state index in [1.54, 1.807) is 0 Å². The van der Waals surface area contributed by atoms with Crippen molar-refractivity contribution in [1.29, 1.82) is 0 Å². The fourth-order valence-electron chi connectivity index (χ4n) is 4.28. The van der Waals surface area contributed by atoms with Crippen LogP contribution in [0.4, 0.5) is 0 Å². The number of nitrogens with zero attached hydrogens (tertiary/aromatic N) is 4. The molecule has 2 aromatic rings. The molecule has 2 aliphatic heterocycles. The molecule has 2 aliphatic rings. The molecule has 2 saturated heterocycles. The summed E-state index contributed by atoms with van der Waals surface area (Å²) in [7, 11) is 0. The van der Waals surface area contributed by atoms with Gasteiger partial charge in [0.15, 0.2) is 5.69 Å². The lowest BCUT2D eigenvalue weighted by molar-refractivity contribution is 0.0903. The van der Waals surface area contributed by atoms with Crippen LogP contribution in [0.25, 0.3) is 0 Å². The fourth-order valence-corrected chi connectivity index (χ4v) is 4.28. The highest BCUT2D eigenvalue weighted by Gasteiger charge is 2.26. The zero-order valence-corrected chi connectivity index (χ0v) is 19.1. The molecule has 7 nitrogen and oxygen atoms in total. The third kappa shape index (κ3) is 5.94. The van der Waals surface area contributed by atoms with Crippen LogP contribution in [0.3, 0.4) is 0 Å². The average molecular weight is 455 g/mol. The van der Waals surface area contributed by atoms with E-state index in [4.69, 9.17) is 0 Å². The van der Waals surface area contributed by atoms with Crippen LogP contribution in [-0.4, -0.2) is 58.0 Å². The maximum Gasteiger partial charge on any atom is 0.273 e. The van der Waals surface area contributed by atoms with Crippen molar-refractivity contribution in [2.75, 3.05) is 26.2 Å². The molecular weight excluding hydrogens is 423 g/mol. The second-order valence-electron chi connectivity index (χ2n) is 7.96. The molecule has 1 aromatic carbocycles. The summed E-state index contributed by atoms with van der Waals surface area (Å²) in [5.74, 6) is -0.0841. The largest absolute Gasteiger partial charge is 0.348 e. The maximum absolute atomic E-state index is 12.7. The third-order valence-corrected chi connectivity index (χ3v) is 5.97. The van der Waals surface area contributed by atoms with Gasteiger partial charge in [-0.25, -0.2) is 4.68 Å². The van der Waals surface area contributed by atoms with Crippen LogP contribution in [0.2, 0.25) is 0 Å². The van der Waals surface area contributed by atoms with Crippen LogP contribution in [0.5, 0.6) is 0 Å². The summed E-state index contributed by atoms with van der Waals surface area (Å²) in [6.45, 7) is 6.92. The molecule has 4 rings (SSSR count). The second kappa shape index (κ2) is 11.6. The van der Waals surface area contributed by atoms with Crippen molar-refractivity contribution in [2.24, 2.45) is 0 Å². The number of benzene rings is 1. The van der Waals surface area contributed by atoms with E-state index in [2.05, 4.69) is 56.2 Å². The van der Waals surface area contributed by atoms with E-state index in [0.29, 0.717) is 11.7 Å². The lowest BCUT2D eigenvalue weighted by Crippen LogP contribution is -2.44.